The number of piperidine rings is 1. The second-order valence-electron chi connectivity index (χ2n) is 5.49. The van der Waals surface area contributed by atoms with Crippen LogP contribution in [-0.2, 0) is 9.47 Å². The van der Waals surface area contributed by atoms with Crippen LogP contribution >= 0.6 is 0 Å². The van der Waals surface area contributed by atoms with Gasteiger partial charge in [-0.15, -0.1) is 0 Å². The monoisotopic (exact) mass is 272 g/mol. The summed E-state index contributed by atoms with van der Waals surface area (Å²) in [7, 11) is 1.83. The lowest BCUT2D eigenvalue weighted by Crippen LogP contribution is -2.46. The zero-order chi connectivity index (χ0) is 13.9. The van der Waals surface area contributed by atoms with Gasteiger partial charge < -0.3 is 14.8 Å². The van der Waals surface area contributed by atoms with E-state index in [2.05, 4.69) is 17.1 Å². The van der Waals surface area contributed by atoms with Crippen LogP contribution in [0.5, 0.6) is 0 Å². The van der Waals surface area contributed by atoms with Crippen LogP contribution in [0.4, 0.5) is 0 Å². The molecule has 2 atom stereocenters. The molecule has 0 aliphatic carbocycles. The topological polar surface area (TPSA) is 33.7 Å². The summed E-state index contributed by atoms with van der Waals surface area (Å²) in [6.45, 7) is 11.7. The van der Waals surface area contributed by atoms with E-state index in [0.29, 0.717) is 12.0 Å². The standard InChI is InChI=1S/C15H32N2O2/c1-4-19-12-6-5-8-16-9-11-17-10-7-14(2)15(13-17)18-3/h14-16H,4-13H2,1-3H3. The van der Waals surface area contributed by atoms with Gasteiger partial charge in [0.15, 0.2) is 0 Å². The fraction of sp³-hybridized carbons (Fsp3) is 1.00. The first kappa shape index (κ1) is 16.9. The van der Waals surface area contributed by atoms with Gasteiger partial charge in [0.25, 0.3) is 0 Å². The zero-order valence-electron chi connectivity index (χ0n) is 13.0. The molecule has 2 unspecified atom stereocenters. The number of rotatable bonds is 10. The van der Waals surface area contributed by atoms with Crippen LogP contribution in [0.3, 0.4) is 0 Å². The first-order chi connectivity index (χ1) is 9.27. The Kier molecular flexibility index (Phi) is 9.43. The average Bonchev–Trinajstić information content (AvgIpc) is 2.43. The highest BCUT2D eigenvalue weighted by molar-refractivity contribution is 4.78. The van der Waals surface area contributed by atoms with Gasteiger partial charge in [-0.3, -0.25) is 4.90 Å². The second kappa shape index (κ2) is 10.6. The molecule has 0 radical (unpaired) electrons. The molecule has 114 valence electrons. The third-order valence-corrected chi connectivity index (χ3v) is 3.98. The molecule has 0 aromatic carbocycles. The predicted molar refractivity (Wildman–Crippen MR) is 79.6 cm³/mol. The smallest absolute Gasteiger partial charge is 0.0724 e. The van der Waals surface area contributed by atoms with Crippen molar-refractivity contribution in [3.05, 3.63) is 0 Å². The Bertz CT molecular complexity index is 214. The van der Waals surface area contributed by atoms with Gasteiger partial charge in [-0.1, -0.05) is 6.92 Å². The summed E-state index contributed by atoms with van der Waals surface area (Å²) in [6.07, 6.45) is 4.04. The third-order valence-electron chi connectivity index (χ3n) is 3.98. The number of unbranched alkanes of at least 4 members (excludes halogenated alkanes) is 1. The van der Waals surface area contributed by atoms with Crippen molar-refractivity contribution in [2.75, 3.05) is 53.0 Å². The van der Waals surface area contributed by atoms with Crippen LogP contribution in [0.2, 0.25) is 0 Å². The molecule has 0 aromatic heterocycles. The number of hydrogen-bond donors (Lipinski definition) is 1. The molecule has 4 nitrogen and oxygen atoms in total. The van der Waals surface area contributed by atoms with E-state index in [1.807, 2.05) is 14.0 Å². The van der Waals surface area contributed by atoms with Gasteiger partial charge in [-0.2, -0.15) is 0 Å². The van der Waals surface area contributed by atoms with Gasteiger partial charge in [0.1, 0.15) is 0 Å². The van der Waals surface area contributed by atoms with Crippen molar-refractivity contribution < 1.29 is 9.47 Å². The fourth-order valence-electron chi connectivity index (χ4n) is 2.57. The van der Waals surface area contributed by atoms with Gasteiger partial charge in [0.2, 0.25) is 0 Å². The predicted octanol–water partition coefficient (Wildman–Crippen LogP) is 1.75. The summed E-state index contributed by atoms with van der Waals surface area (Å²) < 4.78 is 10.9. The summed E-state index contributed by atoms with van der Waals surface area (Å²) in [4.78, 5) is 2.52. The Morgan fingerprint density at radius 2 is 2.11 bits per heavy atom. The van der Waals surface area contributed by atoms with Crippen LogP contribution in [0.1, 0.15) is 33.1 Å². The van der Waals surface area contributed by atoms with Gasteiger partial charge >= 0.3 is 0 Å². The molecule has 1 aliphatic heterocycles. The maximum atomic E-state index is 5.54. The summed E-state index contributed by atoms with van der Waals surface area (Å²) in [5, 5.41) is 3.52. The van der Waals surface area contributed by atoms with Crippen molar-refractivity contribution in [1.82, 2.24) is 10.2 Å². The zero-order valence-corrected chi connectivity index (χ0v) is 13.0. The number of hydrogen-bond acceptors (Lipinski definition) is 4. The highest BCUT2D eigenvalue weighted by Gasteiger charge is 2.25. The minimum absolute atomic E-state index is 0.417. The average molecular weight is 272 g/mol. The number of methoxy groups -OCH3 is 1. The molecule has 1 N–H and O–H groups in total. The minimum atomic E-state index is 0.417. The van der Waals surface area contributed by atoms with Gasteiger partial charge in [0.05, 0.1) is 6.10 Å². The van der Waals surface area contributed by atoms with Crippen LogP contribution in [0.25, 0.3) is 0 Å². The minimum Gasteiger partial charge on any atom is -0.382 e. The maximum absolute atomic E-state index is 5.54. The number of ether oxygens (including phenoxy) is 2. The quantitative estimate of drug-likeness (QED) is 0.614. The van der Waals surface area contributed by atoms with Crippen molar-refractivity contribution in [3.63, 3.8) is 0 Å². The molecule has 1 saturated heterocycles. The van der Waals surface area contributed by atoms with Crippen molar-refractivity contribution >= 4 is 0 Å². The lowest BCUT2D eigenvalue weighted by atomic mass is 9.96. The number of nitrogens with one attached hydrogen (secondary N) is 1. The van der Waals surface area contributed by atoms with E-state index in [-0.39, 0.29) is 0 Å². The Labute approximate surface area is 118 Å². The van der Waals surface area contributed by atoms with Crippen LogP contribution in [0.15, 0.2) is 0 Å². The molecule has 1 fully saturated rings. The van der Waals surface area contributed by atoms with Crippen molar-refractivity contribution in [2.45, 2.75) is 39.2 Å². The molecule has 1 heterocycles. The Hall–Kier alpha value is -0.160. The lowest BCUT2D eigenvalue weighted by molar-refractivity contribution is -0.00441. The van der Waals surface area contributed by atoms with E-state index in [4.69, 9.17) is 9.47 Å². The first-order valence-electron chi connectivity index (χ1n) is 7.81. The van der Waals surface area contributed by atoms with E-state index in [1.54, 1.807) is 0 Å². The second-order valence-corrected chi connectivity index (χ2v) is 5.49. The van der Waals surface area contributed by atoms with E-state index in [9.17, 15) is 0 Å². The van der Waals surface area contributed by atoms with E-state index >= 15 is 0 Å². The molecule has 0 aromatic rings. The third kappa shape index (κ3) is 7.25. The van der Waals surface area contributed by atoms with E-state index in [1.165, 1.54) is 19.4 Å². The molecule has 4 heteroatoms. The highest BCUT2D eigenvalue weighted by atomic mass is 16.5. The summed E-state index contributed by atoms with van der Waals surface area (Å²) in [5.41, 5.74) is 0. The normalized spacial score (nSPS) is 24.8. The van der Waals surface area contributed by atoms with Crippen molar-refractivity contribution in [1.29, 1.82) is 0 Å². The molecule has 0 bridgehead atoms. The largest absolute Gasteiger partial charge is 0.382 e. The van der Waals surface area contributed by atoms with E-state index in [0.717, 1.165) is 45.8 Å². The summed E-state index contributed by atoms with van der Waals surface area (Å²) in [6, 6.07) is 0. The Morgan fingerprint density at radius 1 is 1.26 bits per heavy atom. The molecular weight excluding hydrogens is 240 g/mol. The Morgan fingerprint density at radius 3 is 2.84 bits per heavy atom. The first-order valence-corrected chi connectivity index (χ1v) is 7.81. The molecule has 19 heavy (non-hydrogen) atoms. The number of nitrogens with zero attached hydrogens (tertiary/aromatic N) is 1. The molecular formula is C15H32N2O2. The SMILES string of the molecule is CCOCCCCNCCN1CCC(C)C(OC)C1. The van der Waals surface area contributed by atoms with Gasteiger partial charge in [0, 0.05) is 40.0 Å². The van der Waals surface area contributed by atoms with Crippen LogP contribution in [0, 0.1) is 5.92 Å². The molecule has 1 aliphatic rings. The molecule has 0 saturated carbocycles. The lowest BCUT2D eigenvalue weighted by Gasteiger charge is -2.36. The van der Waals surface area contributed by atoms with Gasteiger partial charge in [-0.05, 0) is 45.2 Å². The van der Waals surface area contributed by atoms with Gasteiger partial charge in [-0.25, -0.2) is 0 Å². The summed E-state index contributed by atoms with van der Waals surface area (Å²) in [5.74, 6) is 0.702. The van der Waals surface area contributed by atoms with E-state index < -0.39 is 0 Å². The van der Waals surface area contributed by atoms with Crippen LogP contribution in [-0.4, -0.2) is 64.1 Å². The van der Waals surface area contributed by atoms with Crippen LogP contribution < -0.4 is 5.32 Å². The number of likely N-dealkylation sites (tertiary alicyclic amines) is 1. The van der Waals surface area contributed by atoms with Crippen molar-refractivity contribution in [3.8, 4) is 0 Å². The molecule has 0 spiro atoms. The fourth-order valence-corrected chi connectivity index (χ4v) is 2.57. The Balaban J connectivity index is 1.95. The highest BCUT2D eigenvalue weighted by Crippen LogP contribution is 2.18. The molecule has 1 rings (SSSR count). The maximum Gasteiger partial charge on any atom is 0.0724 e. The molecule has 0 amide bonds. The van der Waals surface area contributed by atoms with Crippen molar-refractivity contribution in [2.24, 2.45) is 5.92 Å². The summed E-state index contributed by atoms with van der Waals surface area (Å²) >= 11 is 0.